The van der Waals surface area contributed by atoms with E-state index >= 15 is 0 Å². The molecule has 2 aromatic carbocycles. The zero-order chi connectivity index (χ0) is 14.9. The van der Waals surface area contributed by atoms with E-state index in [0.717, 1.165) is 19.1 Å². The third kappa shape index (κ3) is 3.40. The Balaban J connectivity index is 2.35. The fraction of sp³-hybridized carbons (Fsp3) is 0.143. The second-order valence-corrected chi connectivity index (χ2v) is 6.87. The SMILES string of the molecule is CC(Nc1c(Br)cc(Br)cc1Br)c1c(F)cccc1F. The van der Waals surface area contributed by atoms with E-state index < -0.39 is 17.7 Å². The highest BCUT2D eigenvalue weighted by molar-refractivity contribution is 9.11. The van der Waals surface area contributed by atoms with Crippen LogP contribution in [0.25, 0.3) is 0 Å². The zero-order valence-electron chi connectivity index (χ0n) is 10.4. The van der Waals surface area contributed by atoms with Gasteiger partial charge in [-0.25, -0.2) is 8.78 Å². The lowest BCUT2D eigenvalue weighted by atomic mass is 10.1. The van der Waals surface area contributed by atoms with Crippen molar-refractivity contribution in [1.82, 2.24) is 0 Å². The largest absolute Gasteiger partial charge is 0.376 e. The second kappa shape index (κ2) is 6.54. The lowest BCUT2D eigenvalue weighted by Crippen LogP contribution is -2.11. The molecule has 0 aromatic heterocycles. The third-order valence-corrected chi connectivity index (χ3v) is 4.51. The van der Waals surface area contributed by atoms with Crippen LogP contribution in [-0.2, 0) is 0 Å². The standard InChI is InChI=1S/C14H10Br3F2N/c1-7(13-11(18)3-2-4-12(13)19)20-14-9(16)5-8(15)6-10(14)17/h2-7,20H,1H3. The van der Waals surface area contributed by atoms with Crippen molar-refractivity contribution >= 4 is 53.5 Å². The Morgan fingerprint density at radius 3 is 2.00 bits per heavy atom. The minimum absolute atomic E-state index is 0.0224. The molecule has 0 saturated carbocycles. The Kier molecular flexibility index (Phi) is 5.20. The highest BCUT2D eigenvalue weighted by atomic mass is 79.9. The van der Waals surface area contributed by atoms with Gasteiger partial charge in [-0.15, -0.1) is 0 Å². The fourth-order valence-corrected chi connectivity index (χ4v) is 4.38. The van der Waals surface area contributed by atoms with Gasteiger partial charge in [-0.05, 0) is 63.0 Å². The number of rotatable bonds is 3. The van der Waals surface area contributed by atoms with Gasteiger partial charge in [0, 0.05) is 19.0 Å². The van der Waals surface area contributed by atoms with E-state index in [0.29, 0.717) is 0 Å². The van der Waals surface area contributed by atoms with E-state index in [1.807, 2.05) is 12.1 Å². The number of hydrogen-bond donors (Lipinski definition) is 1. The van der Waals surface area contributed by atoms with Crippen LogP contribution >= 0.6 is 47.8 Å². The van der Waals surface area contributed by atoms with Crippen LogP contribution in [0.2, 0.25) is 0 Å². The molecular formula is C14H10Br3F2N. The molecule has 20 heavy (non-hydrogen) atoms. The van der Waals surface area contributed by atoms with Crippen molar-refractivity contribution in [3.63, 3.8) is 0 Å². The molecule has 1 unspecified atom stereocenters. The summed E-state index contributed by atoms with van der Waals surface area (Å²) in [4.78, 5) is 0. The van der Waals surface area contributed by atoms with E-state index in [1.54, 1.807) is 6.92 Å². The summed E-state index contributed by atoms with van der Waals surface area (Å²) in [6, 6.07) is 7.07. The Bertz CT molecular complexity index is 603. The molecule has 0 spiro atoms. The molecule has 0 amide bonds. The van der Waals surface area contributed by atoms with Crippen LogP contribution in [0.15, 0.2) is 43.7 Å². The lowest BCUT2D eigenvalue weighted by Gasteiger charge is -2.19. The number of halogens is 5. The van der Waals surface area contributed by atoms with Crippen molar-refractivity contribution in [1.29, 1.82) is 0 Å². The molecule has 1 N–H and O–H groups in total. The van der Waals surface area contributed by atoms with Crippen molar-refractivity contribution in [2.75, 3.05) is 5.32 Å². The molecule has 0 saturated heterocycles. The maximum absolute atomic E-state index is 13.8. The van der Waals surface area contributed by atoms with E-state index in [1.165, 1.54) is 18.2 Å². The van der Waals surface area contributed by atoms with Crippen LogP contribution in [0, 0.1) is 11.6 Å². The van der Waals surface area contributed by atoms with Gasteiger partial charge in [0.05, 0.1) is 11.7 Å². The minimum atomic E-state index is -0.561. The summed E-state index contributed by atoms with van der Waals surface area (Å²) in [5.74, 6) is -1.12. The maximum atomic E-state index is 13.8. The molecule has 1 nitrogen and oxygen atoms in total. The van der Waals surface area contributed by atoms with Gasteiger partial charge < -0.3 is 5.32 Å². The van der Waals surface area contributed by atoms with Crippen molar-refractivity contribution in [2.24, 2.45) is 0 Å². The molecule has 2 rings (SSSR count). The van der Waals surface area contributed by atoms with Crippen molar-refractivity contribution in [3.8, 4) is 0 Å². The van der Waals surface area contributed by atoms with Crippen molar-refractivity contribution < 1.29 is 8.78 Å². The molecule has 0 heterocycles. The fourth-order valence-electron chi connectivity index (χ4n) is 1.89. The molecule has 6 heteroatoms. The molecule has 0 aliphatic heterocycles. The van der Waals surface area contributed by atoms with Gasteiger partial charge in [-0.1, -0.05) is 22.0 Å². The Labute approximate surface area is 141 Å². The minimum Gasteiger partial charge on any atom is -0.376 e. The average Bonchev–Trinajstić information content (AvgIpc) is 2.33. The van der Waals surface area contributed by atoms with Gasteiger partial charge in [0.25, 0.3) is 0 Å². The number of anilines is 1. The maximum Gasteiger partial charge on any atom is 0.131 e. The van der Waals surface area contributed by atoms with Crippen LogP contribution in [-0.4, -0.2) is 0 Å². The molecule has 106 valence electrons. The molecule has 1 atom stereocenters. The Hall–Kier alpha value is -0.460. The summed E-state index contributed by atoms with van der Waals surface area (Å²) in [7, 11) is 0. The van der Waals surface area contributed by atoms with E-state index in [9.17, 15) is 8.78 Å². The predicted octanol–water partition coefficient (Wildman–Crippen LogP) is 6.43. The zero-order valence-corrected chi connectivity index (χ0v) is 15.1. The highest BCUT2D eigenvalue weighted by Crippen LogP contribution is 2.37. The first-order valence-corrected chi connectivity index (χ1v) is 8.13. The monoisotopic (exact) mass is 467 g/mol. The summed E-state index contributed by atoms with van der Waals surface area (Å²) in [6.07, 6.45) is 0. The molecule has 0 aliphatic carbocycles. The van der Waals surface area contributed by atoms with Crippen LogP contribution in [0.5, 0.6) is 0 Å². The van der Waals surface area contributed by atoms with E-state index in [2.05, 4.69) is 53.1 Å². The van der Waals surface area contributed by atoms with Gasteiger partial charge in [0.15, 0.2) is 0 Å². The van der Waals surface area contributed by atoms with Crippen molar-refractivity contribution in [3.05, 3.63) is 60.9 Å². The van der Waals surface area contributed by atoms with Gasteiger partial charge in [-0.2, -0.15) is 0 Å². The van der Waals surface area contributed by atoms with E-state index in [4.69, 9.17) is 0 Å². The van der Waals surface area contributed by atoms with Crippen LogP contribution < -0.4 is 5.32 Å². The highest BCUT2D eigenvalue weighted by Gasteiger charge is 2.18. The van der Waals surface area contributed by atoms with E-state index in [-0.39, 0.29) is 5.56 Å². The smallest absolute Gasteiger partial charge is 0.131 e. The van der Waals surface area contributed by atoms with Crippen molar-refractivity contribution in [2.45, 2.75) is 13.0 Å². The molecule has 0 bridgehead atoms. The summed E-state index contributed by atoms with van der Waals surface area (Å²) in [6.45, 7) is 1.71. The number of nitrogens with one attached hydrogen (secondary N) is 1. The summed E-state index contributed by atoms with van der Waals surface area (Å²) < 4.78 is 30.0. The topological polar surface area (TPSA) is 12.0 Å². The van der Waals surface area contributed by atoms with Gasteiger partial charge >= 0.3 is 0 Å². The van der Waals surface area contributed by atoms with Gasteiger partial charge in [0.1, 0.15) is 11.6 Å². The first kappa shape index (κ1) is 15.9. The van der Waals surface area contributed by atoms with Gasteiger partial charge in [0.2, 0.25) is 0 Å². The summed E-state index contributed by atoms with van der Waals surface area (Å²) >= 11 is 10.2. The third-order valence-electron chi connectivity index (χ3n) is 2.80. The predicted molar refractivity (Wildman–Crippen MR) is 87.9 cm³/mol. The molecular weight excluding hydrogens is 460 g/mol. The molecule has 0 fully saturated rings. The van der Waals surface area contributed by atoms with Crippen LogP contribution in [0.3, 0.4) is 0 Å². The Morgan fingerprint density at radius 2 is 1.50 bits per heavy atom. The first-order valence-electron chi connectivity index (χ1n) is 5.75. The summed E-state index contributed by atoms with van der Waals surface area (Å²) in [5, 5.41) is 3.11. The second-order valence-electron chi connectivity index (χ2n) is 4.25. The Morgan fingerprint density at radius 1 is 1.00 bits per heavy atom. The molecule has 2 aromatic rings. The molecule has 0 aliphatic rings. The lowest BCUT2D eigenvalue weighted by molar-refractivity contribution is 0.544. The normalized spacial score (nSPS) is 12.3. The first-order chi connectivity index (χ1) is 9.40. The number of benzene rings is 2. The van der Waals surface area contributed by atoms with Gasteiger partial charge in [-0.3, -0.25) is 0 Å². The quantitative estimate of drug-likeness (QED) is 0.546. The van der Waals surface area contributed by atoms with Crippen LogP contribution in [0.4, 0.5) is 14.5 Å². The summed E-state index contributed by atoms with van der Waals surface area (Å²) in [5.41, 5.74) is 0.762. The average molecular weight is 470 g/mol. The number of hydrogen-bond acceptors (Lipinski definition) is 1. The molecule has 0 radical (unpaired) electrons. The van der Waals surface area contributed by atoms with Crippen LogP contribution in [0.1, 0.15) is 18.5 Å².